The summed E-state index contributed by atoms with van der Waals surface area (Å²) in [6, 6.07) is 37.7. The highest BCUT2D eigenvalue weighted by molar-refractivity contribution is 5.90. The Balaban J connectivity index is 1.25. The van der Waals surface area contributed by atoms with Crippen molar-refractivity contribution in [2.45, 2.75) is 34.6 Å². The molecule has 0 atom stereocenters. The van der Waals surface area contributed by atoms with Crippen molar-refractivity contribution >= 4 is 51.7 Å². The maximum atomic E-state index is 8.06. The number of benzene rings is 6. The molecule has 8 nitrogen and oxygen atoms in total. The van der Waals surface area contributed by atoms with Crippen LogP contribution in [-0.2, 0) is 0 Å². The zero-order valence-electron chi connectivity index (χ0n) is 33.8. The first-order valence-electron chi connectivity index (χ1n) is 19.7. The van der Waals surface area contributed by atoms with Crippen molar-refractivity contribution in [3.05, 3.63) is 180 Å². The first kappa shape index (κ1) is 37.0. The van der Waals surface area contributed by atoms with Crippen LogP contribution in [0.2, 0.25) is 0 Å². The van der Waals surface area contributed by atoms with Gasteiger partial charge < -0.3 is 10.7 Å². The molecule has 9 rings (SSSR count). The molecule has 3 heterocycles. The Bertz CT molecular complexity index is 3110. The SMILES string of the molecule is C=Cc1ncn(-c2cc(-c3c(C)c(C)c(-c4cc(Nc5ccccc5C=N)cc(-n5ncc6ccccc65)c4)c(C)c3C)cc(-n3cnc4ccccc43)c2)c1/C=C\C. The third-order valence-corrected chi connectivity index (χ3v) is 11.5. The van der Waals surface area contributed by atoms with E-state index in [1.165, 1.54) is 39.6 Å². The fourth-order valence-electron chi connectivity index (χ4n) is 8.44. The van der Waals surface area contributed by atoms with Gasteiger partial charge in [-0.1, -0.05) is 61.2 Å². The number of aromatic nitrogens is 6. The van der Waals surface area contributed by atoms with E-state index in [2.05, 4.69) is 115 Å². The maximum Gasteiger partial charge on any atom is 0.100 e. The van der Waals surface area contributed by atoms with E-state index in [4.69, 9.17) is 20.5 Å². The Morgan fingerprint density at radius 1 is 0.661 bits per heavy atom. The van der Waals surface area contributed by atoms with Gasteiger partial charge >= 0.3 is 0 Å². The molecular weight excluding hydrogens is 725 g/mol. The van der Waals surface area contributed by atoms with Crippen LogP contribution in [0.25, 0.3) is 73.4 Å². The topological polar surface area (TPSA) is 89.3 Å². The fraction of sp³-hybridized carbons (Fsp3) is 0.0980. The molecule has 9 aromatic rings. The molecule has 8 heteroatoms. The molecule has 0 aliphatic heterocycles. The van der Waals surface area contributed by atoms with Crippen molar-refractivity contribution in [3.63, 3.8) is 0 Å². The molecule has 6 aromatic carbocycles. The predicted octanol–water partition coefficient (Wildman–Crippen LogP) is 12.5. The van der Waals surface area contributed by atoms with Crippen LogP contribution in [0.3, 0.4) is 0 Å². The standard InChI is InChI=1S/C51H44N8/c1-7-15-48-44(8-2)53-30-57(48)41-23-39(24-42(27-41)58-31-54-46-19-12-14-21-49(46)58)51-34(5)32(3)50(33(4)35(51)6)38-22-40(56-45-18-11-9-16-36(45)28-52)26-43(25-38)59-47-20-13-10-17-37(47)29-55-59/h7-31,52,56H,2H2,1,3-6H3/b15-7-,52-28?. The maximum absolute atomic E-state index is 8.06. The second-order valence-corrected chi connectivity index (χ2v) is 14.9. The van der Waals surface area contributed by atoms with Gasteiger partial charge in [0.1, 0.15) is 12.7 Å². The smallest absolute Gasteiger partial charge is 0.100 e. The van der Waals surface area contributed by atoms with E-state index in [0.717, 1.165) is 78.5 Å². The molecule has 0 spiro atoms. The van der Waals surface area contributed by atoms with Gasteiger partial charge in [0.25, 0.3) is 0 Å². The summed E-state index contributed by atoms with van der Waals surface area (Å²) in [7, 11) is 0. The molecule has 0 radical (unpaired) electrons. The largest absolute Gasteiger partial charge is 0.355 e. The third kappa shape index (κ3) is 6.45. The monoisotopic (exact) mass is 768 g/mol. The van der Waals surface area contributed by atoms with Gasteiger partial charge in [-0.05, 0) is 152 Å². The van der Waals surface area contributed by atoms with E-state index in [1.54, 1.807) is 6.08 Å². The first-order valence-corrected chi connectivity index (χ1v) is 19.7. The zero-order valence-corrected chi connectivity index (χ0v) is 33.8. The van der Waals surface area contributed by atoms with Crippen LogP contribution in [0.4, 0.5) is 11.4 Å². The van der Waals surface area contributed by atoms with Gasteiger partial charge in [-0.25, -0.2) is 14.6 Å². The number of rotatable bonds is 10. The van der Waals surface area contributed by atoms with E-state index in [9.17, 15) is 0 Å². The molecule has 0 fully saturated rings. The van der Waals surface area contributed by atoms with Crippen LogP contribution in [0.15, 0.2) is 141 Å². The molecule has 0 unspecified atom stereocenters. The number of fused-ring (bicyclic) bond motifs is 2. The number of hydrogen-bond acceptors (Lipinski definition) is 5. The average Bonchev–Trinajstić information content (AvgIpc) is 4.01. The second kappa shape index (κ2) is 15.1. The molecule has 0 amide bonds. The minimum atomic E-state index is 0.812. The Hall–Kier alpha value is -7.58. The summed E-state index contributed by atoms with van der Waals surface area (Å²) in [6.45, 7) is 15.0. The van der Waals surface area contributed by atoms with Crippen molar-refractivity contribution in [2.24, 2.45) is 0 Å². The predicted molar refractivity (Wildman–Crippen MR) is 245 cm³/mol. The van der Waals surface area contributed by atoms with Gasteiger partial charge in [0.05, 0.1) is 39.8 Å². The van der Waals surface area contributed by atoms with E-state index in [0.29, 0.717) is 0 Å². The number of nitrogens with zero attached hydrogens (tertiary/aromatic N) is 6. The number of para-hydroxylation sites is 4. The molecular formula is C51H44N8. The molecule has 0 saturated heterocycles. The van der Waals surface area contributed by atoms with Gasteiger partial charge in [0.2, 0.25) is 0 Å². The van der Waals surface area contributed by atoms with Crippen molar-refractivity contribution < 1.29 is 0 Å². The van der Waals surface area contributed by atoms with Gasteiger partial charge in [-0.3, -0.25) is 9.13 Å². The molecule has 0 aliphatic rings. The normalized spacial score (nSPS) is 11.5. The van der Waals surface area contributed by atoms with Crippen LogP contribution in [0.5, 0.6) is 0 Å². The summed E-state index contributed by atoms with van der Waals surface area (Å²) in [5.41, 5.74) is 19.7. The zero-order chi connectivity index (χ0) is 40.8. The van der Waals surface area contributed by atoms with Crippen molar-refractivity contribution in [1.82, 2.24) is 28.9 Å². The fourth-order valence-corrected chi connectivity index (χ4v) is 8.44. The quantitative estimate of drug-likeness (QED) is 0.136. The van der Waals surface area contributed by atoms with Crippen molar-refractivity contribution in [2.75, 3.05) is 5.32 Å². The van der Waals surface area contributed by atoms with Crippen LogP contribution >= 0.6 is 0 Å². The van der Waals surface area contributed by atoms with E-state index in [1.807, 2.05) is 85.1 Å². The van der Waals surface area contributed by atoms with Crippen LogP contribution in [0.1, 0.15) is 46.1 Å². The van der Waals surface area contributed by atoms with Crippen LogP contribution < -0.4 is 5.32 Å². The molecule has 0 bridgehead atoms. The number of imidazole rings is 2. The van der Waals surface area contributed by atoms with Gasteiger partial charge in [0.15, 0.2) is 0 Å². The highest BCUT2D eigenvalue weighted by Crippen LogP contribution is 2.42. The Morgan fingerprint density at radius 2 is 1.29 bits per heavy atom. The lowest BCUT2D eigenvalue weighted by atomic mass is 9.83. The van der Waals surface area contributed by atoms with Crippen LogP contribution in [-0.4, -0.2) is 35.1 Å². The first-order chi connectivity index (χ1) is 28.8. The van der Waals surface area contributed by atoms with E-state index < -0.39 is 0 Å². The molecule has 59 heavy (non-hydrogen) atoms. The molecule has 3 aromatic heterocycles. The van der Waals surface area contributed by atoms with Crippen molar-refractivity contribution in [3.8, 4) is 39.3 Å². The minimum absolute atomic E-state index is 0.812. The summed E-state index contributed by atoms with van der Waals surface area (Å²) in [4.78, 5) is 9.48. The number of allylic oxidation sites excluding steroid dienone is 1. The number of hydrogen-bond donors (Lipinski definition) is 2. The summed E-state index contributed by atoms with van der Waals surface area (Å²) >= 11 is 0. The third-order valence-electron chi connectivity index (χ3n) is 11.5. The number of nitrogens with one attached hydrogen (secondary N) is 2. The average molecular weight is 769 g/mol. The summed E-state index contributed by atoms with van der Waals surface area (Å²) in [5.74, 6) is 0. The Kier molecular flexibility index (Phi) is 9.45. The van der Waals surface area contributed by atoms with Gasteiger partial charge in [0, 0.05) is 39.9 Å². The van der Waals surface area contributed by atoms with E-state index >= 15 is 0 Å². The van der Waals surface area contributed by atoms with E-state index in [-0.39, 0.29) is 0 Å². The highest BCUT2D eigenvalue weighted by Gasteiger charge is 2.21. The minimum Gasteiger partial charge on any atom is -0.355 e. The summed E-state index contributed by atoms with van der Waals surface area (Å²) in [5, 5.41) is 17.6. The molecule has 2 N–H and O–H groups in total. The van der Waals surface area contributed by atoms with Crippen LogP contribution in [0, 0.1) is 33.1 Å². The lowest BCUT2D eigenvalue weighted by Gasteiger charge is -2.23. The van der Waals surface area contributed by atoms with Gasteiger partial charge in [-0.2, -0.15) is 5.10 Å². The summed E-state index contributed by atoms with van der Waals surface area (Å²) in [6.07, 6.45) is 13.0. The van der Waals surface area contributed by atoms with Crippen molar-refractivity contribution in [1.29, 1.82) is 5.41 Å². The second-order valence-electron chi connectivity index (χ2n) is 14.9. The lowest BCUT2D eigenvalue weighted by molar-refractivity contribution is 0.911. The highest BCUT2D eigenvalue weighted by atomic mass is 15.3. The number of anilines is 2. The summed E-state index contributed by atoms with van der Waals surface area (Å²) < 4.78 is 6.31. The van der Waals surface area contributed by atoms with Gasteiger partial charge in [-0.15, -0.1) is 0 Å². The lowest BCUT2D eigenvalue weighted by Crippen LogP contribution is -2.04. The molecule has 0 aliphatic carbocycles. The Labute approximate surface area is 344 Å². The Morgan fingerprint density at radius 3 is 2.02 bits per heavy atom. The molecule has 288 valence electrons. The molecule has 0 saturated carbocycles.